The van der Waals surface area contributed by atoms with E-state index >= 15 is 0 Å². The quantitative estimate of drug-likeness (QED) is 0.885. The number of hydrogen-bond acceptors (Lipinski definition) is 6. The summed E-state index contributed by atoms with van der Waals surface area (Å²) in [6.07, 6.45) is 3.97. The SMILES string of the molecule is CCc1nnc(NC(=O)NCc2cnc(Br)cn2)s1. The highest BCUT2D eigenvalue weighted by molar-refractivity contribution is 9.10. The molecule has 2 aromatic heterocycles. The van der Waals surface area contributed by atoms with Crippen molar-refractivity contribution in [3.8, 4) is 0 Å². The fourth-order valence-corrected chi connectivity index (χ4v) is 2.07. The summed E-state index contributed by atoms with van der Waals surface area (Å²) in [5, 5.41) is 14.4. The predicted octanol–water partition coefficient (Wildman–Crippen LogP) is 1.97. The van der Waals surface area contributed by atoms with Gasteiger partial charge in [-0.25, -0.2) is 9.78 Å². The number of urea groups is 1. The molecular weight excluding hydrogens is 332 g/mol. The zero-order valence-corrected chi connectivity index (χ0v) is 12.5. The average molecular weight is 343 g/mol. The van der Waals surface area contributed by atoms with Crippen LogP contribution in [0.5, 0.6) is 0 Å². The summed E-state index contributed by atoms with van der Waals surface area (Å²) in [6, 6.07) is -0.344. The maximum absolute atomic E-state index is 11.6. The molecule has 0 aliphatic carbocycles. The Labute approximate surface area is 122 Å². The topological polar surface area (TPSA) is 92.7 Å². The number of nitrogens with one attached hydrogen (secondary N) is 2. The van der Waals surface area contributed by atoms with Gasteiger partial charge in [-0.2, -0.15) is 0 Å². The molecule has 2 amide bonds. The van der Waals surface area contributed by atoms with E-state index in [0.29, 0.717) is 22.0 Å². The third-order valence-corrected chi connectivity index (χ3v) is 3.49. The molecule has 0 bridgehead atoms. The molecule has 0 aromatic carbocycles. The lowest BCUT2D eigenvalue weighted by molar-refractivity contribution is 0.251. The summed E-state index contributed by atoms with van der Waals surface area (Å²) >= 11 is 4.55. The van der Waals surface area contributed by atoms with Gasteiger partial charge in [0.25, 0.3) is 0 Å². The maximum atomic E-state index is 11.6. The van der Waals surface area contributed by atoms with Gasteiger partial charge in [0.1, 0.15) is 9.61 Å². The second kappa shape index (κ2) is 6.53. The molecule has 7 nitrogen and oxygen atoms in total. The van der Waals surface area contributed by atoms with Crippen LogP contribution in [0.3, 0.4) is 0 Å². The molecule has 19 heavy (non-hydrogen) atoms. The van der Waals surface area contributed by atoms with Crippen molar-refractivity contribution < 1.29 is 4.79 Å². The minimum Gasteiger partial charge on any atom is -0.332 e. The summed E-state index contributed by atoms with van der Waals surface area (Å²) in [5.74, 6) is 0. The second-order valence-electron chi connectivity index (χ2n) is 3.49. The summed E-state index contributed by atoms with van der Waals surface area (Å²) in [5.41, 5.74) is 0.671. The van der Waals surface area contributed by atoms with Crippen molar-refractivity contribution in [1.29, 1.82) is 0 Å². The summed E-state index contributed by atoms with van der Waals surface area (Å²) < 4.78 is 0.654. The minimum atomic E-state index is -0.344. The minimum absolute atomic E-state index is 0.297. The number of rotatable bonds is 4. The summed E-state index contributed by atoms with van der Waals surface area (Å²) in [6.45, 7) is 2.28. The van der Waals surface area contributed by atoms with Gasteiger partial charge in [-0.15, -0.1) is 10.2 Å². The van der Waals surface area contributed by atoms with E-state index in [4.69, 9.17) is 0 Å². The fraction of sp³-hybridized carbons (Fsp3) is 0.300. The molecule has 0 radical (unpaired) electrons. The zero-order valence-electron chi connectivity index (χ0n) is 10.1. The van der Waals surface area contributed by atoms with Gasteiger partial charge in [0.05, 0.1) is 24.6 Å². The van der Waals surface area contributed by atoms with Crippen molar-refractivity contribution in [3.05, 3.63) is 27.7 Å². The van der Waals surface area contributed by atoms with Gasteiger partial charge in [0.15, 0.2) is 0 Å². The molecule has 0 fully saturated rings. The highest BCUT2D eigenvalue weighted by Gasteiger charge is 2.07. The van der Waals surface area contributed by atoms with Crippen LogP contribution in [0.25, 0.3) is 0 Å². The number of halogens is 1. The molecule has 0 aliphatic rings. The van der Waals surface area contributed by atoms with Crippen LogP contribution in [-0.2, 0) is 13.0 Å². The van der Waals surface area contributed by atoms with E-state index in [-0.39, 0.29) is 6.03 Å². The summed E-state index contributed by atoms with van der Waals surface area (Å²) in [7, 11) is 0. The van der Waals surface area contributed by atoms with E-state index in [2.05, 4.69) is 46.7 Å². The van der Waals surface area contributed by atoms with E-state index in [9.17, 15) is 4.79 Å². The van der Waals surface area contributed by atoms with Gasteiger partial charge in [-0.05, 0) is 22.4 Å². The Morgan fingerprint density at radius 3 is 2.84 bits per heavy atom. The van der Waals surface area contributed by atoms with Crippen molar-refractivity contribution in [2.75, 3.05) is 5.32 Å². The van der Waals surface area contributed by atoms with Crippen molar-refractivity contribution in [1.82, 2.24) is 25.5 Å². The van der Waals surface area contributed by atoms with Gasteiger partial charge in [0.2, 0.25) is 5.13 Å². The molecule has 100 valence electrons. The molecule has 2 aromatic rings. The van der Waals surface area contributed by atoms with E-state index in [0.717, 1.165) is 11.4 Å². The Kier molecular flexibility index (Phi) is 4.74. The molecule has 9 heteroatoms. The van der Waals surface area contributed by atoms with Crippen molar-refractivity contribution in [2.45, 2.75) is 19.9 Å². The first-order valence-corrected chi connectivity index (χ1v) is 7.12. The Bertz CT molecular complexity index is 557. The van der Waals surface area contributed by atoms with Crippen molar-refractivity contribution in [2.24, 2.45) is 0 Å². The molecule has 0 saturated carbocycles. The van der Waals surface area contributed by atoms with Gasteiger partial charge >= 0.3 is 6.03 Å². The largest absolute Gasteiger partial charge is 0.332 e. The number of anilines is 1. The number of aryl methyl sites for hydroxylation is 1. The van der Waals surface area contributed by atoms with Crippen LogP contribution in [0.15, 0.2) is 17.0 Å². The molecule has 2 rings (SSSR count). The molecule has 2 N–H and O–H groups in total. The normalized spacial score (nSPS) is 10.2. The molecule has 0 unspecified atom stereocenters. The van der Waals surface area contributed by atoms with E-state index < -0.39 is 0 Å². The standard InChI is InChI=1S/C10H11BrN6OS/c1-2-8-16-17-10(19-8)15-9(18)14-4-6-3-13-7(11)5-12-6/h3,5H,2,4H2,1H3,(H2,14,15,17,18). The lowest BCUT2D eigenvalue weighted by atomic mass is 10.4. The van der Waals surface area contributed by atoms with Crippen LogP contribution in [0.4, 0.5) is 9.93 Å². The number of carbonyl (C=O) groups is 1. The van der Waals surface area contributed by atoms with Crippen molar-refractivity contribution in [3.63, 3.8) is 0 Å². The molecule has 0 spiro atoms. The van der Waals surface area contributed by atoms with Crippen LogP contribution in [0.2, 0.25) is 0 Å². The van der Waals surface area contributed by atoms with Gasteiger partial charge in [0, 0.05) is 0 Å². The predicted molar refractivity (Wildman–Crippen MR) is 74.9 cm³/mol. The lowest BCUT2D eigenvalue weighted by Crippen LogP contribution is -2.28. The van der Waals surface area contributed by atoms with Crippen LogP contribution in [0, 0.1) is 0 Å². The van der Waals surface area contributed by atoms with Gasteiger partial charge in [-0.1, -0.05) is 18.3 Å². The number of nitrogens with zero attached hydrogens (tertiary/aromatic N) is 4. The first kappa shape index (κ1) is 13.8. The average Bonchev–Trinajstić information content (AvgIpc) is 2.86. The first-order chi connectivity index (χ1) is 9.17. The smallest absolute Gasteiger partial charge is 0.321 e. The Morgan fingerprint density at radius 2 is 2.21 bits per heavy atom. The van der Waals surface area contributed by atoms with Gasteiger partial charge in [-0.3, -0.25) is 10.3 Å². The highest BCUT2D eigenvalue weighted by Crippen LogP contribution is 2.14. The molecule has 0 atom stereocenters. The van der Waals surface area contributed by atoms with Gasteiger partial charge < -0.3 is 5.32 Å². The Hall–Kier alpha value is -1.61. The van der Waals surface area contributed by atoms with Crippen LogP contribution < -0.4 is 10.6 Å². The zero-order chi connectivity index (χ0) is 13.7. The van der Waals surface area contributed by atoms with Crippen LogP contribution in [-0.4, -0.2) is 26.2 Å². The van der Waals surface area contributed by atoms with Crippen LogP contribution >= 0.6 is 27.3 Å². The molecule has 0 aliphatic heterocycles. The second-order valence-corrected chi connectivity index (χ2v) is 5.37. The third-order valence-electron chi connectivity index (χ3n) is 2.09. The molecule has 2 heterocycles. The molecule has 0 saturated heterocycles. The lowest BCUT2D eigenvalue weighted by Gasteiger charge is -2.04. The fourth-order valence-electron chi connectivity index (χ4n) is 1.19. The first-order valence-electron chi connectivity index (χ1n) is 5.51. The number of hydrogen-bond donors (Lipinski definition) is 2. The highest BCUT2D eigenvalue weighted by atomic mass is 79.9. The Morgan fingerprint density at radius 1 is 1.37 bits per heavy atom. The monoisotopic (exact) mass is 342 g/mol. The third kappa shape index (κ3) is 4.21. The van der Waals surface area contributed by atoms with Crippen LogP contribution in [0.1, 0.15) is 17.6 Å². The number of amides is 2. The number of aromatic nitrogens is 4. The van der Waals surface area contributed by atoms with E-state index in [1.165, 1.54) is 11.3 Å². The number of carbonyl (C=O) groups excluding carboxylic acids is 1. The van der Waals surface area contributed by atoms with E-state index in [1.54, 1.807) is 12.4 Å². The molecular formula is C10H11BrN6OS. The van der Waals surface area contributed by atoms with E-state index in [1.807, 2.05) is 6.92 Å². The summed E-state index contributed by atoms with van der Waals surface area (Å²) in [4.78, 5) is 19.7. The maximum Gasteiger partial charge on any atom is 0.321 e. The Balaban J connectivity index is 1.82. The van der Waals surface area contributed by atoms with Crippen molar-refractivity contribution >= 4 is 38.4 Å².